The minimum absolute atomic E-state index is 0.178. The lowest BCUT2D eigenvalue weighted by Gasteiger charge is -2.01. The molecule has 2 heterocycles. The minimum Gasteiger partial charge on any atom is -0.315 e. The fraction of sp³-hybridized carbons (Fsp3) is 0. The quantitative estimate of drug-likeness (QED) is 0.643. The molecule has 3 aromatic rings. The van der Waals surface area contributed by atoms with E-state index < -0.39 is 0 Å². The van der Waals surface area contributed by atoms with Crippen LogP contribution in [-0.4, -0.2) is 15.0 Å². The summed E-state index contributed by atoms with van der Waals surface area (Å²) in [4.78, 5) is 22.5. The van der Waals surface area contributed by atoms with Gasteiger partial charge in [0.25, 0.3) is 5.56 Å². The maximum atomic E-state index is 11.5. The van der Waals surface area contributed by atoms with Gasteiger partial charge in [-0.15, -0.1) is 0 Å². The van der Waals surface area contributed by atoms with Crippen molar-refractivity contribution in [2.75, 3.05) is 5.32 Å². The van der Waals surface area contributed by atoms with Crippen LogP contribution in [0.15, 0.2) is 29.3 Å². The molecule has 0 saturated carbocycles. The second-order valence-corrected chi connectivity index (χ2v) is 6.20. The van der Waals surface area contributed by atoms with E-state index in [-0.39, 0.29) is 5.56 Å². The highest BCUT2D eigenvalue weighted by Crippen LogP contribution is 2.30. The molecule has 0 radical (unpaired) electrons. The number of rotatable bonds is 2. The summed E-state index contributed by atoms with van der Waals surface area (Å²) < 4.78 is 1.48. The maximum absolute atomic E-state index is 11.5. The second-order valence-electron chi connectivity index (χ2n) is 3.65. The second kappa shape index (κ2) is 5.06. The molecule has 0 bridgehead atoms. The summed E-state index contributed by atoms with van der Waals surface area (Å²) >= 11 is 9.33. The van der Waals surface area contributed by atoms with Crippen LogP contribution in [0.2, 0.25) is 5.02 Å². The van der Waals surface area contributed by atoms with Crippen LogP contribution in [0.4, 0.5) is 10.9 Å². The molecular weight excluding hydrogens is 399 g/mol. The Hall–Kier alpha value is -1.19. The first-order valence-corrected chi connectivity index (χ1v) is 7.47. The van der Waals surface area contributed by atoms with Crippen LogP contribution in [0.1, 0.15) is 0 Å². The van der Waals surface area contributed by atoms with E-state index in [0.717, 1.165) is 10.2 Å². The molecular formula is C11H6ClIN4OS. The van der Waals surface area contributed by atoms with E-state index in [0.29, 0.717) is 19.5 Å². The maximum Gasteiger partial charge on any atom is 0.266 e. The van der Waals surface area contributed by atoms with Crippen LogP contribution < -0.4 is 10.9 Å². The van der Waals surface area contributed by atoms with Crippen LogP contribution in [0.25, 0.3) is 10.2 Å². The number of halogens is 2. The molecule has 0 spiro atoms. The van der Waals surface area contributed by atoms with Crippen LogP contribution in [0.5, 0.6) is 0 Å². The number of nitrogens with zero attached hydrogens (tertiary/aromatic N) is 2. The molecule has 0 aliphatic rings. The summed E-state index contributed by atoms with van der Waals surface area (Å²) in [5, 5.41) is 4.39. The van der Waals surface area contributed by atoms with Crippen molar-refractivity contribution in [3.63, 3.8) is 0 Å². The van der Waals surface area contributed by atoms with Crippen LogP contribution >= 0.6 is 45.5 Å². The zero-order chi connectivity index (χ0) is 13.4. The zero-order valence-electron chi connectivity index (χ0n) is 9.28. The van der Waals surface area contributed by atoms with E-state index in [4.69, 9.17) is 11.6 Å². The molecule has 0 saturated heterocycles. The molecule has 0 fully saturated rings. The number of fused-ring (bicyclic) bond motifs is 1. The number of aromatic nitrogens is 3. The molecule has 0 amide bonds. The topological polar surface area (TPSA) is 70.7 Å². The van der Waals surface area contributed by atoms with Gasteiger partial charge in [-0.25, -0.2) is 9.97 Å². The van der Waals surface area contributed by atoms with Gasteiger partial charge in [-0.1, -0.05) is 22.9 Å². The zero-order valence-corrected chi connectivity index (χ0v) is 13.0. The fourth-order valence-corrected chi connectivity index (χ4v) is 3.09. The molecule has 19 heavy (non-hydrogen) atoms. The fourth-order valence-electron chi connectivity index (χ4n) is 1.52. The van der Waals surface area contributed by atoms with Gasteiger partial charge < -0.3 is 10.3 Å². The van der Waals surface area contributed by atoms with Gasteiger partial charge in [0.2, 0.25) is 0 Å². The summed E-state index contributed by atoms with van der Waals surface area (Å²) in [6.07, 6.45) is 1.36. The third kappa shape index (κ3) is 2.58. The Labute approximate surface area is 130 Å². The third-order valence-electron chi connectivity index (χ3n) is 2.37. The van der Waals surface area contributed by atoms with Gasteiger partial charge in [0.05, 0.1) is 16.5 Å². The summed E-state index contributed by atoms with van der Waals surface area (Å²) in [6.45, 7) is 0. The van der Waals surface area contributed by atoms with E-state index in [1.165, 1.54) is 17.7 Å². The van der Waals surface area contributed by atoms with Crippen LogP contribution in [-0.2, 0) is 0 Å². The molecule has 0 unspecified atom stereocenters. The Morgan fingerprint density at radius 2 is 2.26 bits per heavy atom. The molecule has 8 heteroatoms. The highest BCUT2D eigenvalue weighted by molar-refractivity contribution is 14.1. The summed E-state index contributed by atoms with van der Waals surface area (Å²) in [5.41, 5.74) is 0.680. The van der Waals surface area contributed by atoms with Gasteiger partial charge in [-0.3, -0.25) is 4.79 Å². The highest BCUT2D eigenvalue weighted by atomic mass is 127. The molecule has 2 aromatic heterocycles. The Bertz CT molecular complexity index is 816. The summed E-state index contributed by atoms with van der Waals surface area (Å²) in [7, 11) is 0. The molecule has 1 aromatic carbocycles. The summed E-state index contributed by atoms with van der Waals surface area (Å²) in [5.74, 6) is 0.495. The third-order valence-corrected chi connectivity index (χ3v) is 4.54. The van der Waals surface area contributed by atoms with Crippen molar-refractivity contribution in [2.45, 2.75) is 0 Å². The molecule has 5 nitrogen and oxygen atoms in total. The number of hydrogen-bond donors (Lipinski definition) is 2. The molecule has 3 rings (SSSR count). The van der Waals surface area contributed by atoms with Gasteiger partial charge in [-0.05, 0) is 40.8 Å². The number of thiazole rings is 1. The van der Waals surface area contributed by atoms with Gasteiger partial charge in [0.1, 0.15) is 3.57 Å². The Morgan fingerprint density at radius 3 is 3.11 bits per heavy atom. The predicted octanol–water partition coefficient (Wildman–Crippen LogP) is 3.38. The Morgan fingerprint density at radius 1 is 1.42 bits per heavy atom. The number of H-pyrrole nitrogens is 1. The number of hydrogen-bond acceptors (Lipinski definition) is 5. The summed E-state index contributed by atoms with van der Waals surface area (Å²) in [6, 6.07) is 5.51. The van der Waals surface area contributed by atoms with E-state index in [1.807, 2.05) is 34.7 Å². The van der Waals surface area contributed by atoms with Crippen molar-refractivity contribution in [3.05, 3.63) is 43.5 Å². The minimum atomic E-state index is -0.178. The largest absolute Gasteiger partial charge is 0.315 e. The lowest BCUT2D eigenvalue weighted by molar-refractivity contribution is 1.10. The van der Waals surface area contributed by atoms with E-state index in [9.17, 15) is 4.79 Å². The first-order valence-electron chi connectivity index (χ1n) is 5.20. The molecule has 2 N–H and O–H groups in total. The number of anilines is 2. The first-order chi connectivity index (χ1) is 9.13. The molecule has 0 aliphatic carbocycles. The number of benzene rings is 1. The van der Waals surface area contributed by atoms with Gasteiger partial charge in [0, 0.05) is 5.02 Å². The average Bonchev–Trinajstić information content (AvgIpc) is 2.76. The van der Waals surface area contributed by atoms with Gasteiger partial charge >= 0.3 is 0 Å². The normalized spacial score (nSPS) is 10.8. The Balaban J connectivity index is 2.01. The van der Waals surface area contributed by atoms with Crippen molar-refractivity contribution in [2.24, 2.45) is 0 Å². The van der Waals surface area contributed by atoms with Crippen molar-refractivity contribution in [3.8, 4) is 0 Å². The van der Waals surface area contributed by atoms with Crippen molar-refractivity contribution < 1.29 is 0 Å². The van der Waals surface area contributed by atoms with E-state index >= 15 is 0 Å². The van der Waals surface area contributed by atoms with Gasteiger partial charge in [0.15, 0.2) is 10.9 Å². The highest BCUT2D eigenvalue weighted by Gasteiger charge is 2.09. The van der Waals surface area contributed by atoms with E-state index in [1.54, 1.807) is 6.07 Å². The SMILES string of the molecule is O=c1[nH]cnc(Nc2nc3ccc(Cl)cc3s2)c1I. The predicted molar refractivity (Wildman–Crippen MR) is 85.5 cm³/mol. The van der Waals surface area contributed by atoms with E-state index in [2.05, 4.69) is 20.3 Å². The smallest absolute Gasteiger partial charge is 0.266 e. The van der Waals surface area contributed by atoms with Crippen LogP contribution in [0.3, 0.4) is 0 Å². The molecule has 0 aliphatic heterocycles. The standard InChI is InChI=1S/C11H6ClIN4OS/c12-5-1-2-6-7(3-5)19-11(16-6)17-9-8(13)10(18)15-4-14-9/h1-4H,(H2,14,15,16,17,18). The molecule has 96 valence electrons. The van der Waals surface area contributed by atoms with Crippen molar-refractivity contribution in [1.82, 2.24) is 15.0 Å². The van der Waals surface area contributed by atoms with Crippen LogP contribution in [0, 0.1) is 3.57 Å². The van der Waals surface area contributed by atoms with Crippen molar-refractivity contribution >= 4 is 66.7 Å². The lowest BCUT2D eigenvalue weighted by Crippen LogP contribution is -2.12. The lowest BCUT2D eigenvalue weighted by atomic mass is 10.3. The first kappa shape index (κ1) is 12.8. The average molecular weight is 405 g/mol. The van der Waals surface area contributed by atoms with Gasteiger partial charge in [-0.2, -0.15) is 0 Å². The number of nitrogens with one attached hydrogen (secondary N) is 2. The Kier molecular flexibility index (Phi) is 3.42. The number of aromatic amines is 1. The van der Waals surface area contributed by atoms with Crippen molar-refractivity contribution in [1.29, 1.82) is 0 Å². The monoisotopic (exact) mass is 404 g/mol. The molecule has 0 atom stereocenters.